The largest absolute Gasteiger partial charge is 0.416 e. The highest BCUT2D eigenvalue weighted by atomic mass is 19.4. The predicted octanol–water partition coefficient (Wildman–Crippen LogP) is 1.95. The lowest BCUT2D eigenvalue weighted by molar-refractivity contribution is -0.137. The molecule has 6 heteroatoms. The van der Waals surface area contributed by atoms with Crippen LogP contribution in [0, 0.1) is 0 Å². The van der Waals surface area contributed by atoms with E-state index in [4.69, 9.17) is 15.2 Å². The number of rotatable bonds is 3. The molecule has 2 unspecified atom stereocenters. The molecule has 1 fully saturated rings. The van der Waals surface area contributed by atoms with E-state index in [1.54, 1.807) is 0 Å². The first kappa shape index (κ1) is 13.3. The summed E-state index contributed by atoms with van der Waals surface area (Å²) in [5, 5.41) is 0. The van der Waals surface area contributed by atoms with Crippen LogP contribution in [-0.4, -0.2) is 25.5 Å². The Labute approximate surface area is 103 Å². The van der Waals surface area contributed by atoms with Crippen LogP contribution in [0.3, 0.4) is 0 Å². The van der Waals surface area contributed by atoms with Crippen LogP contribution in [0.5, 0.6) is 0 Å². The molecule has 0 radical (unpaired) electrons. The summed E-state index contributed by atoms with van der Waals surface area (Å²) in [7, 11) is 0. The van der Waals surface area contributed by atoms with E-state index in [0.29, 0.717) is 19.6 Å². The standard InChI is InChI=1S/C12H14F3NO2/c13-12(14,15)9-3-1-8(2-4-9)5-11-17-7-10(6-16)18-11/h1-4,10-11H,5-7,16H2. The van der Waals surface area contributed by atoms with Gasteiger partial charge in [-0.15, -0.1) is 0 Å². The second-order valence-corrected chi connectivity index (χ2v) is 4.16. The van der Waals surface area contributed by atoms with E-state index in [2.05, 4.69) is 0 Å². The first-order chi connectivity index (χ1) is 8.49. The quantitative estimate of drug-likeness (QED) is 0.904. The molecule has 2 rings (SSSR count). The molecule has 2 N–H and O–H groups in total. The molecule has 0 bridgehead atoms. The predicted molar refractivity (Wildman–Crippen MR) is 58.8 cm³/mol. The molecule has 2 atom stereocenters. The number of alkyl halides is 3. The molecule has 0 spiro atoms. The molecule has 100 valence electrons. The fourth-order valence-corrected chi connectivity index (χ4v) is 1.76. The maximum Gasteiger partial charge on any atom is 0.416 e. The van der Waals surface area contributed by atoms with Crippen molar-refractivity contribution in [2.45, 2.75) is 25.0 Å². The topological polar surface area (TPSA) is 44.5 Å². The van der Waals surface area contributed by atoms with E-state index in [1.165, 1.54) is 12.1 Å². The van der Waals surface area contributed by atoms with Gasteiger partial charge in [-0.2, -0.15) is 13.2 Å². The summed E-state index contributed by atoms with van der Waals surface area (Å²) in [5.74, 6) is 0. The summed E-state index contributed by atoms with van der Waals surface area (Å²) >= 11 is 0. The summed E-state index contributed by atoms with van der Waals surface area (Å²) in [6.45, 7) is 0.811. The van der Waals surface area contributed by atoms with Crippen LogP contribution in [0.1, 0.15) is 11.1 Å². The third kappa shape index (κ3) is 3.22. The average molecular weight is 261 g/mol. The molecule has 18 heavy (non-hydrogen) atoms. The SMILES string of the molecule is NCC1COC(Cc2ccc(C(F)(F)F)cc2)O1. The van der Waals surface area contributed by atoms with Crippen LogP contribution >= 0.6 is 0 Å². The molecule has 1 aromatic carbocycles. The Morgan fingerprint density at radius 1 is 1.22 bits per heavy atom. The second-order valence-electron chi connectivity index (χ2n) is 4.16. The Hall–Kier alpha value is -1.11. The average Bonchev–Trinajstić information content (AvgIpc) is 2.76. The van der Waals surface area contributed by atoms with Gasteiger partial charge in [0.15, 0.2) is 6.29 Å². The molecule has 1 aliphatic rings. The highest BCUT2D eigenvalue weighted by Crippen LogP contribution is 2.29. The zero-order chi connectivity index (χ0) is 13.2. The van der Waals surface area contributed by atoms with Gasteiger partial charge in [-0.25, -0.2) is 0 Å². The molecule has 0 saturated carbocycles. The van der Waals surface area contributed by atoms with Crippen molar-refractivity contribution in [3.63, 3.8) is 0 Å². The van der Waals surface area contributed by atoms with Crippen molar-refractivity contribution in [3.8, 4) is 0 Å². The van der Waals surface area contributed by atoms with Crippen LogP contribution in [0.15, 0.2) is 24.3 Å². The van der Waals surface area contributed by atoms with Gasteiger partial charge >= 0.3 is 6.18 Å². The molecule has 1 heterocycles. The van der Waals surface area contributed by atoms with Crippen molar-refractivity contribution in [3.05, 3.63) is 35.4 Å². The first-order valence-corrected chi connectivity index (χ1v) is 5.62. The van der Waals surface area contributed by atoms with E-state index in [-0.39, 0.29) is 6.10 Å². The van der Waals surface area contributed by atoms with Crippen LogP contribution in [-0.2, 0) is 22.1 Å². The van der Waals surface area contributed by atoms with Crippen LogP contribution in [0.2, 0.25) is 0 Å². The lowest BCUT2D eigenvalue weighted by Crippen LogP contribution is -2.23. The monoisotopic (exact) mass is 261 g/mol. The molecule has 0 aromatic heterocycles. The van der Waals surface area contributed by atoms with Crippen molar-refractivity contribution in [2.24, 2.45) is 5.73 Å². The summed E-state index contributed by atoms with van der Waals surface area (Å²) in [5.41, 5.74) is 5.52. The van der Waals surface area contributed by atoms with Crippen LogP contribution in [0.25, 0.3) is 0 Å². The fourth-order valence-electron chi connectivity index (χ4n) is 1.76. The summed E-state index contributed by atoms with van der Waals surface area (Å²) in [4.78, 5) is 0. The van der Waals surface area contributed by atoms with Crippen LogP contribution in [0.4, 0.5) is 13.2 Å². The second kappa shape index (κ2) is 5.26. The van der Waals surface area contributed by atoms with Gasteiger partial charge < -0.3 is 15.2 Å². The summed E-state index contributed by atoms with van der Waals surface area (Å²) in [6.07, 6.45) is -4.42. The zero-order valence-corrected chi connectivity index (χ0v) is 9.61. The lowest BCUT2D eigenvalue weighted by atomic mass is 10.1. The number of hydrogen-bond donors (Lipinski definition) is 1. The van der Waals surface area contributed by atoms with Gasteiger partial charge in [0.1, 0.15) is 0 Å². The number of halogens is 3. The smallest absolute Gasteiger partial charge is 0.350 e. The van der Waals surface area contributed by atoms with Crippen LogP contribution < -0.4 is 5.73 Å². The Kier molecular flexibility index (Phi) is 3.89. The minimum absolute atomic E-state index is 0.121. The minimum atomic E-state index is -4.30. The van der Waals surface area contributed by atoms with Gasteiger partial charge in [-0.1, -0.05) is 12.1 Å². The minimum Gasteiger partial charge on any atom is -0.350 e. The van der Waals surface area contributed by atoms with E-state index >= 15 is 0 Å². The number of ether oxygens (including phenoxy) is 2. The molecular formula is C12H14F3NO2. The van der Waals surface area contributed by atoms with E-state index in [0.717, 1.165) is 17.7 Å². The fraction of sp³-hybridized carbons (Fsp3) is 0.500. The molecule has 0 aliphatic carbocycles. The third-order valence-electron chi connectivity index (χ3n) is 2.76. The highest BCUT2D eigenvalue weighted by molar-refractivity contribution is 5.24. The Bertz CT molecular complexity index is 391. The summed E-state index contributed by atoms with van der Waals surface area (Å²) in [6, 6.07) is 4.99. The van der Waals surface area contributed by atoms with Gasteiger partial charge in [0.25, 0.3) is 0 Å². The number of nitrogens with two attached hydrogens (primary N) is 1. The highest BCUT2D eigenvalue weighted by Gasteiger charge is 2.30. The Morgan fingerprint density at radius 2 is 1.89 bits per heavy atom. The Morgan fingerprint density at radius 3 is 2.39 bits per heavy atom. The van der Waals surface area contributed by atoms with E-state index in [9.17, 15) is 13.2 Å². The van der Waals surface area contributed by atoms with Crippen molar-refractivity contribution in [1.29, 1.82) is 0 Å². The Balaban J connectivity index is 1.95. The van der Waals surface area contributed by atoms with E-state index < -0.39 is 18.0 Å². The lowest BCUT2D eigenvalue weighted by Gasteiger charge is -2.11. The molecular weight excluding hydrogens is 247 g/mol. The molecule has 1 saturated heterocycles. The van der Waals surface area contributed by atoms with Gasteiger partial charge in [0.05, 0.1) is 18.3 Å². The molecule has 0 amide bonds. The molecule has 1 aliphatic heterocycles. The van der Waals surface area contributed by atoms with E-state index in [1.807, 2.05) is 0 Å². The maximum absolute atomic E-state index is 12.4. The third-order valence-corrected chi connectivity index (χ3v) is 2.76. The van der Waals surface area contributed by atoms with Crippen molar-refractivity contribution < 1.29 is 22.6 Å². The maximum atomic E-state index is 12.4. The first-order valence-electron chi connectivity index (χ1n) is 5.62. The number of benzene rings is 1. The molecule has 1 aromatic rings. The number of hydrogen-bond acceptors (Lipinski definition) is 3. The van der Waals surface area contributed by atoms with Gasteiger partial charge in [-0.3, -0.25) is 0 Å². The van der Waals surface area contributed by atoms with Crippen molar-refractivity contribution in [1.82, 2.24) is 0 Å². The normalized spacial score (nSPS) is 24.4. The van der Waals surface area contributed by atoms with Gasteiger partial charge in [0.2, 0.25) is 0 Å². The van der Waals surface area contributed by atoms with Crippen molar-refractivity contribution in [2.75, 3.05) is 13.2 Å². The molecule has 3 nitrogen and oxygen atoms in total. The van der Waals surface area contributed by atoms with Gasteiger partial charge in [-0.05, 0) is 17.7 Å². The van der Waals surface area contributed by atoms with Gasteiger partial charge in [0, 0.05) is 13.0 Å². The zero-order valence-electron chi connectivity index (χ0n) is 9.61. The summed E-state index contributed by atoms with van der Waals surface area (Å²) < 4.78 is 47.9. The van der Waals surface area contributed by atoms with Crippen molar-refractivity contribution >= 4 is 0 Å².